The van der Waals surface area contributed by atoms with Crippen LogP contribution in [0, 0.1) is 17.8 Å². The summed E-state index contributed by atoms with van der Waals surface area (Å²) in [7, 11) is 0. The van der Waals surface area contributed by atoms with Gasteiger partial charge in [0.1, 0.15) is 0 Å². The lowest BCUT2D eigenvalue weighted by Crippen LogP contribution is -2.39. The highest BCUT2D eigenvalue weighted by atomic mass is 19.4. The van der Waals surface area contributed by atoms with Crippen LogP contribution in [0.4, 0.5) is 13.2 Å². The van der Waals surface area contributed by atoms with Crippen molar-refractivity contribution in [1.82, 2.24) is 5.06 Å². The molecule has 1 fully saturated rings. The first-order valence-electron chi connectivity index (χ1n) is 5.67. The fraction of sp³-hybridized carbons (Fsp3) is 0.636. The van der Waals surface area contributed by atoms with Crippen LogP contribution in [0.5, 0.6) is 0 Å². The Morgan fingerprint density at radius 1 is 1.37 bits per heavy atom. The van der Waals surface area contributed by atoms with E-state index in [1.54, 1.807) is 0 Å². The SMILES string of the molecule is NCCCN(OC(=O)C(F)(F)F)C(=O)C#CC1CC1. The average molecular weight is 278 g/mol. The summed E-state index contributed by atoms with van der Waals surface area (Å²) in [6, 6.07) is 0. The number of nitrogens with zero attached hydrogens (tertiary/aromatic N) is 1. The van der Waals surface area contributed by atoms with E-state index in [2.05, 4.69) is 16.7 Å². The van der Waals surface area contributed by atoms with Gasteiger partial charge in [0, 0.05) is 5.92 Å². The van der Waals surface area contributed by atoms with Crippen LogP contribution in [0.2, 0.25) is 0 Å². The van der Waals surface area contributed by atoms with Crippen molar-refractivity contribution in [2.75, 3.05) is 13.1 Å². The summed E-state index contributed by atoms with van der Waals surface area (Å²) in [6.45, 7) is -0.0834. The van der Waals surface area contributed by atoms with Crippen LogP contribution in [0.1, 0.15) is 19.3 Å². The Balaban J connectivity index is 2.62. The fourth-order valence-electron chi connectivity index (χ4n) is 1.03. The van der Waals surface area contributed by atoms with E-state index in [1.165, 1.54) is 0 Å². The zero-order valence-corrected chi connectivity index (χ0v) is 10.00. The summed E-state index contributed by atoms with van der Waals surface area (Å²) >= 11 is 0. The van der Waals surface area contributed by atoms with Crippen molar-refractivity contribution < 1.29 is 27.6 Å². The summed E-state index contributed by atoms with van der Waals surface area (Å²) in [5.74, 6) is 1.43. The first kappa shape index (κ1) is 15.3. The van der Waals surface area contributed by atoms with Crippen LogP contribution in [0.3, 0.4) is 0 Å². The van der Waals surface area contributed by atoms with Crippen LogP contribution < -0.4 is 5.73 Å². The van der Waals surface area contributed by atoms with Gasteiger partial charge in [0.2, 0.25) is 0 Å². The third-order valence-electron chi connectivity index (χ3n) is 2.18. The molecule has 5 nitrogen and oxygen atoms in total. The Morgan fingerprint density at radius 3 is 2.47 bits per heavy atom. The molecule has 0 aliphatic heterocycles. The molecular formula is C11H13F3N2O3. The summed E-state index contributed by atoms with van der Waals surface area (Å²) in [5.41, 5.74) is 5.19. The van der Waals surface area contributed by atoms with E-state index in [1.807, 2.05) is 0 Å². The van der Waals surface area contributed by atoms with Gasteiger partial charge < -0.3 is 10.6 Å². The smallest absolute Gasteiger partial charge is 0.330 e. The predicted octanol–water partition coefficient (Wildman–Crippen LogP) is 0.598. The molecule has 0 aromatic carbocycles. The monoisotopic (exact) mass is 278 g/mol. The third-order valence-corrected chi connectivity index (χ3v) is 2.18. The van der Waals surface area contributed by atoms with Crippen LogP contribution >= 0.6 is 0 Å². The molecule has 1 amide bonds. The topological polar surface area (TPSA) is 72.6 Å². The Bertz CT molecular complexity index is 408. The lowest BCUT2D eigenvalue weighted by atomic mass is 10.4. The van der Waals surface area contributed by atoms with Crippen LogP contribution in [0.25, 0.3) is 0 Å². The Labute approximate surface area is 107 Å². The van der Waals surface area contributed by atoms with Crippen molar-refractivity contribution in [3.8, 4) is 11.8 Å². The van der Waals surface area contributed by atoms with E-state index in [4.69, 9.17) is 5.73 Å². The van der Waals surface area contributed by atoms with Crippen molar-refractivity contribution >= 4 is 11.9 Å². The maximum atomic E-state index is 12.0. The molecule has 0 aromatic heterocycles. The van der Waals surface area contributed by atoms with E-state index in [0.717, 1.165) is 12.8 Å². The highest BCUT2D eigenvalue weighted by molar-refractivity contribution is 5.93. The molecule has 0 saturated heterocycles. The molecule has 0 radical (unpaired) electrons. The van der Waals surface area contributed by atoms with Gasteiger partial charge in [0.15, 0.2) is 0 Å². The maximum Gasteiger partial charge on any atom is 0.493 e. The second-order valence-corrected chi connectivity index (χ2v) is 3.97. The predicted molar refractivity (Wildman–Crippen MR) is 58.0 cm³/mol. The standard InChI is InChI=1S/C11H13F3N2O3/c12-11(13,14)10(18)19-16(7-1-6-15)9(17)5-4-8-2-3-8/h8H,1-3,6-7,15H2. The molecule has 1 aliphatic carbocycles. The lowest BCUT2D eigenvalue weighted by Gasteiger charge is -2.18. The molecule has 0 bridgehead atoms. The van der Waals surface area contributed by atoms with Crippen molar-refractivity contribution in [2.45, 2.75) is 25.4 Å². The Hall–Kier alpha value is -1.75. The van der Waals surface area contributed by atoms with Crippen molar-refractivity contribution in [3.63, 3.8) is 0 Å². The van der Waals surface area contributed by atoms with Gasteiger partial charge in [-0.3, -0.25) is 4.79 Å². The van der Waals surface area contributed by atoms with Gasteiger partial charge in [-0.25, -0.2) is 4.79 Å². The number of hydroxylamine groups is 2. The van der Waals surface area contributed by atoms with Gasteiger partial charge in [-0.05, 0) is 31.7 Å². The zero-order valence-electron chi connectivity index (χ0n) is 10.00. The summed E-state index contributed by atoms with van der Waals surface area (Å²) in [5, 5.41) is 0.304. The zero-order chi connectivity index (χ0) is 14.5. The molecule has 0 heterocycles. The Kier molecular flexibility index (Phi) is 5.18. The molecule has 2 N–H and O–H groups in total. The van der Waals surface area contributed by atoms with E-state index in [9.17, 15) is 22.8 Å². The quantitative estimate of drug-likeness (QED) is 0.606. The average Bonchev–Trinajstić information content (AvgIpc) is 3.13. The highest BCUT2D eigenvalue weighted by Gasteiger charge is 2.43. The number of nitrogens with two attached hydrogens (primary N) is 1. The molecule has 106 valence electrons. The Morgan fingerprint density at radius 2 is 2.00 bits per heavy atom. The number of halogens is 3. The lowest BCUT2D eigenvalue weighted by molar-refractivity contribution is -0.235. The van der Waals surface area contributed by atoms with Crippen LogP contribution in [-0.2, 0) is 14.4 Å². The minimum Gasteiger partial charge on any atom is -0.330 e. The molecule has 1 aliphatic rings. The summed E-state index contributed by atoms with van der Waals surface area (Å²) in [4.78, 5) is 26.2. The van der Waals surface area contributed by atoms with Crippen molar-refractivity contribution in [2.24, 2.45) is 11.7 Å². The molecule has 1 saturated carbocycles. The molecule has 0 spiro atoms. The number of rotatable bonds is 3. The normalized spacial score (nSPS) is 14.3. The molecule has 19 heavy (non-hydrogen) atoms. The van der Waals surface area contributed by atoms with Gasteiger partial charge in [0.25, 0.3) is 0 Å². The van der Waals surface area contributed by atoms with Gasteiger partial charge in [-0.1, -0.05) is 5.92 Å². The van der Waals surface area contributed by atoms with Gasteiger partial charge >= 0.3 is 18.1 Å². The van der Waals surface area contributed by atoms with E-state index < -0.39 is 18.1 Å². The van der Waals surface area contributed by atoms with Gasteiger partial charge in [-0.15, -0.1) is 0 Å². The minimum absolute atomic E-state index is 0.110. The van der Waals surface area contributed by atoms with Gasteiger partial charge in [-0.2, -0.15) is 18.2 Å². The second-order valence-electron chi connectivity index (χ2n) is 3.97. The minimum atomic E-state index is -5.16. The van der Waals surface area contributed by atoms with Gasteiger partial charge in [0.05, 0.1) is 6.54 Å². The molecule has 8 heteroatoms. The number of hydrogen-bond acceptors (Lipinski definition) is 4. The fourth-order valence-corrected chi connectivity index (χ4v) is 1.03. The molecule has 0 atom stereocenters. The maximum absolute atomic E-state index is 12.0. The number of carbonyl (C=O) groups is 2. The van der Waals surface area contributed by atoms with Crippen LogP contribution in [-0.4, -0.2) is 36.2 Å². The number of carbonyl (C=O) groups excluding carboxylic acids is 2. The first-order valence-corrected chi connectivity index (χ1v) is 5.67. The number of hydrogen-bond donors (Lipinski definition) is 1. The van der Waals surface area contributed by atoms with Crippen LogP contribution in [0.15, 0.2) is 0 Å². The van der Waals surface area contributed by atoms with E-state index >= 15 is 0 Å². The number of amides is 1. The summed E-state index contributed by atoms with van der Waals surface area (Å²) in [6.07, 6.45) is -3.23. The molecular weight excluding hydrogens is 265 g/mol. The second kappa shape index (κ2) is 6.43. The molecule has 0 aromatic rings. The van der Waals surface area contributed by atoms with E-state index in [0.29, 0.717) is 5.06 Å². The largest absolute Gasteiger partial charge is 0.493 e. The number of alkyl halides is 3. The van der Waals surface area contributed by atoms with Crippen molar-refractivity contribution in [1.29, 1.82) is 0 Å². The highest BCUT2D eigenvalue weighted by Crippen LogP contribution is 2.27. The van der Waals surface area contributed by atoms with Crippen molar-refractivity contribution in [3.05, 3.63) is 0 Å². The first-order chi connectivity index (χ1) is 8.84. The third kappa shape index (κ3) is 5.61. The molecule has 0 unspecified atom stereocenters. The van der Waals surface area contributed by atoms with E-state index in [-0.39, 0.29) is 25.4 Å². The molecule has 1 rings (SSSR count). The summed E-state index contributed by atoms with van der Waals surface area (Å²) < 4.78 is 36.1.